The molecule has 1 rings (SSSR count). The van der Waals surface area contributed by atoms with E-state index in [1.165, 1.54) is 0 Å². The van der Waals surface area contributed by atoms with Gasteiger partial charge in [-0.05, 0) is 38.3 Å². The van der Waals surface area contributed by atoms with Gasteiger partial charge in [-0.1, -0.05) is 34.1 Å². The second-order valence-electron chi connectivity index (χ2n) is 5.67. The highest BCUT2D eigenvalue weighted by molar-refractivity contribution is 4.98. The van der Waals surface area contributed by atoms with Crippen molar-refractivity contribution in [3.63, 3.8) is 0 Å². The fourth-order valence-corrected chi connectivity index (χ4v) is 3.00. The Kier molecular flexibility index (Phi) is 4.94. The van der Waals surface area contributed by atoms with E-state index in [1.54, 1.807) is 0 Å². The molecule has 1 aliphatic heterocycles. The molecule has 0 aromatic carbocycles. The van der Waals surface area contributed by atoms with Crippen LogP contribution in [-0.2, 0) is 0 Å². The average molecular weight is 247 g/mol. The lowest BCUT2D eigenvalue weighted by atomic mass is 9.67. The fourth-order valence-electron chi connectivity index (χ4n) is 3.00. The van der Waals surface area contributed by atoms with Crippen LogP contribution in [-0.4, -0.2) is 30.5 Å². The Bertz CT molecular complexity index is 242. The third-order valence-corrected chi connectivity index (χ3v) is 4.66. The largest absolute Gasteiger partial charge is 0.298 e. The van der Waals surface area contributed by atoms with Gasteiger partial charge >= 0.3 is 0 Å². The van der Waals surface area contributed by atoms with Crippen LogP contribution in [0.25, 0.3) is 0 Å². The summed E-state index contributed by atoms with van der Waals surface area (Å²) in [6, 6.07) is 0. The Morgan fingerprint density at radius 3 is 2.29 bits per heavy atom. The number of alkyl halides is 2. The summed E-state index contributed by atoms with van der Waals surface area (Å²) < 4.78 is 28.8. The smallest absolute Gasteiger partial charge is 0.266 e. The highest BCUT2D eigenvalue weighted by Crippen LogP contribution is 2.50. The minimum Gasteiger partial charge on any atom is -0.298 e. The Hall–Kier alpha value is -0.180. The Labute approximate surface area is 105 Å². The van der Waals surface area contributed by atoms with E-state index in [1.807, 2.05) is 18.7 Å². The number of halogens is 2. The van der Waals surface area contributed by atoms with Crippen molar-refractivity contribution in [2.75, 3.05) is 19.6 Å². The van der Waals surface area contributed by atoms with E-state index in [-0.39, 0.29) is 6.54 Å². The lowest BCUT2D eigenvalue weighted by Crippen LogP contribution is -2.55. The molecule has 0 amide bonds. The molecule has 0 aromatic heterocycles. The lowest BCUT2D eigenvalue weighted by molar-refractivity contribution is -0.178. The molecule has 0 bridgehead atoms. The van der Waals surface area contributed by atoms with Crippen molar-refractivity contribution in [2.24, 2.45) is 11.3 Å². The van der Waals surface area contributed by atoms with Gasteiger partial charge in [-0.15, -0.1) is 0 Å². The maximum absolute atomic E-state index is 14.4. The predicted octanol–water partition coefficient (Wildman–Crippen LogP) is 4.18. The van der Waals surface area contributed by atoms with Crippen LogP contribution in [0.3, 0.4) is 0 Å². The highest BCUT2D eigenvalue weighted by Gasteiger charge is 2.55. The van der Waals surface area contributed by atoms with Gasteiger partial charge < -0.3 is 0 Å². The summed E-state index contributed by atoms with van der Waals surface area (Å²) >= 11 is 0. The molecule has 0 aliphatic carbocycles. The van der Waals surface area contributed by atoms with Crippen molar-refractivity contribution < 1.29 is 8.78 Å². The first-order chi connectivity index (χ1) is 7.90. The van der Waals surface area contributed by atoms with E-state index in [9.17, 15) is 8.78 Å². The number of piperidine rings is 1. The minimum absolute atomic E-state index is 0.0478. The van der Waals surface area contributed by atoms with E-state index in [4.69, 9.17) is 0 Å². The first kappa shape index (κ1) is 14.9. The molecule has 3 heteroatoms. The van der Waals surface area contributed by atoms with Crippen molar-refractivity contribution in [3.05, 3.63) is 0 Å². The van der Waals surface area contributed by atoms with Gasteiger partial charge in [0, 0.05) is 5.41 Å². The molecule has 0 radical (unpaired) electrons. The van der Waals surface area contributed by atoms with Crippen LogP contribution in [0.5, 0.6) is 0 Å². The summed E-state index contributed by atoms with van der Waals surface area (Å²) in [6.45, 7) is 9.59. The molecule has 1 saturated heterocycles. The van der Waals surface area contributed by atoms with E-state index in [2.05, 4.69) is 13.8 Å². The topological polar surface area (TPSA) is 3.24 Å². The van der Waals surface area contributed by atoms with Crippen molar-refractivity contribution in [2.45, 2.75) is 59.3 Å². The van der Waals surface area contributed by atoms with Gasteiger partial charge in [-0.2, -0.15) is 0 Å². The fraction of sp³-hybridized carbons (Fsp3) is 1.00. The van der Waals surface area contributed by atoms with E-state index in [0.717, 1.165) is 19.5 Å². The van der Waals surface area contributed by atoms with Crippen molar-refractivity contribution in [1.29, 1.82) is 0 Å². The molecule has 1 heterocycles. The molecule has 1 aliphatic rings. The monoisotopic (exact) mass is 247 g/mol. The molecular formula is C14H27F2N. The Morgan fingerprint density at radius 1 is 1.24 bits per heavy atom. The number of hydrogen-bond acceptors (Lipinski definition) is 1. The molecule has 0 aromatic rings. The van der Waals surface area contributed by atoms with Crippen LogP contribution in [0.2, 0.25) is 0 Å². The van der Waals surface area contributed by atoms with Crippen molar-refractivity contribution in [1.82, 2.24) is 4.90 Å². The zero-order valence-electron chi connectivity index (χ0n) is 11.7. The molecule has 0 saturated carbocycles. The zero-order chi connectivity index (χ0) is 13.1. The minimum atomic E-state index is -2.53. The Morgan fingerprint density at radius 2 is 1.88 bits per heavy atom. The van der Waals surface area contributed by atoms with Crippen molar-refractivity contribution >= 4 is 0 Å². The van der Waals surface area contributed by atoms with Gasteiger partial charge in [-0.3, -0.25) is 4.90 Å². The summed E-state index contributed by atoms with van der Waals surface area (Å²) in [5.74, 6) is -2.13. The van der Waals surface area contributed by atoms with Gasteiger partial charge in [-0.25, -0.2) is 8.78 Å². The Balaban J connectivity index is 2.83. The van der Waals surface area contributed by atoms with Crippen LogP contribution in [0.1, 0.15) is 53.4 Å². The maximum atomic E-state index is 14.4. The zero-order valence-corrected chi connectivity index (χ0v) is 11.7. The molecule has 2 unspecified atom stereocenters. The normalized spacial score (nSPS) is 31.4. The van der Waals surface area contributed by atoms with Crippen LogP contribution in [0.4, 0.5) is 8.78 Å². The highest BCUT2D eigenvalue weighted by atomic mass is 19.3. The van der Waals surface area contributed by atoms with Crippen molar-refractivity contribution in [3.8, 4) is 0 Å². The quantitative estimate of drug-likeness (QED) is 0.704. The third-order valence-electron chi connectivity index (χ3n) is 4.66. The number of nitrogens with zero attached hydrogens (tertiary/aromatic N) is 1. The summed E-state index contributed by atoms with van der Waals surface area (Å²) in [5.41, 5.74) is -0.756. The average Bonchev–Trinajstić information content (AvgIpc) is 2.31. The van der Waals surface area contributed by atoms with Crippen LogP contribution >= 0.6 is 0 Å². The van der Waals surface area contributed by atoms with Gasteiger partial charge in [0.25, 0.3) is 5.92 Å². The predicted molar refractivity (Wildman–Crippen MR) is 68.5 cm³/mol. The standard InChI is InChI=1S/C14H27F2N/c1-5-12(4)10-13(6-2)8-9-17(7-3)11-14(13,15)16/h12H,5-11H2,1-4H3. The summed E-state index contributed by atoms with van der Waals surface area (Å²) in [7, 11) is 0. The number of rotatable bonds is 5. The van der Waals surface area contributed by atoms with Crippen LogP contribution < -0.4 is 0 Å². The molecule has 102 valence electrons. The molecule has 1 fully saturated rings. The summed E-state index contributed by atoms with van der Waals surface area (Å²) in [6.07, 6.45) is 2.91. The first-order valence-corrected chi connectivity index (χ1v) is 7.01. The van der Waals surface area contributed by atoms with Gasteiger partial charge in [0.05, 0.1) is 6.54 Å². The summed E-state index contributed by atoms with van der Waals surface area (Å²) in [5, 5.41) is 0. The van der Waals surface area contributed by atoms with Gasteiger partial charge in [0.2, 0.25) is 0 Å². The molecule has 0 spiro atoms. The van der Waals surface area contributed by atoms with Crippen LogP contribution in [0, 0.1) is 11.3 Å². The van der Waals surface area contributed by atoms with Gasteiger partial charge in [0.15, 0.2) is 0 Å². The van der Waals surface area contributed by atoms with Crippen LogP contribution in [0.15, 0.2) is 0 Å². The molecule has 17 heavy (non-hydrogen) atoms. The second kappa shape index (κ2) is 5.64. The molecule has 1 nitrogen and oxygen atoms in total. The second-order valence-corrected chi connectivity index (χ2v) is 5.67. The number of hydrogen-bond donors (Lipinski definition) is 0. The SMILES string of the molecule is CCC(C)CC1(CC)CCN(CC)CC1(F)F. The number of likely N-dealkylation sites (tertiary alicyclic amines) is 1. The van der Waals surface area contributed by atoms with E-state index >= 15 is 0 Å². The first-order valence-electron chi connectivity index (χ1n) is 7.01. The lowest BCUT2D eigenvalue weighted by Gasteiger charge is -2.48. The third kappa shape index (κ3) is 2.98. The summed E-state index contributed by atoms with van der Waals surface area (Å²) in [4.78, 5) is 1.88. The van der Waals surface area contributed by atoms with Gasteiger partial charge in [0.1, 0.15) is 0 Å². The van der Waals surface area contributed by atoms with E-state index in [0.29, 0.717) is 25.2 Å². The molecule has 0 N–H and O–H groups in total. The maximum Gasteiger partial charge on any atom is 0.266 e. The molecular weight excluding hydrogens is 220 g/mol. The molecule has 2 atom stereocenters. The van der Waals surface area contributed by atoms with E-state index < -0.39 is 11.3 Å².